The standard InChI is InChI=1S/C11H14F3NO4/c1-17-10(16)9-8(2-4-19-9)6-15-3-5-18-7-11(12,13)14/h2,4,15H,3,5-7H2,1H3. The molecule has 1 aromatic rings. The van der Waals surface area contributed by atoms with Crippen LogP contribution in [-0.4, -0.2) is 39.0 Å². The molecule has 1 heterocycles. The SMILES string of the molecule is COC(=O)c1occc1CNCCOCC(F)(F)F. The highest BCUT2D eigenvalue weighted by atomic mass is 19.4. The van der Waals surface area contributed by atoms with Gasteiger partial charge in [-0.15, -0.1) is 0 Å². The maximum atomic E-state index is 11.8. The summed E-state index contributed by atoms with van der Waals surface area (Å²) in [5.74, 6) is -0.527. The van der Waals surface area contributed by atoms with Crippen molar-refractivity contribution in [2.45, 2.75) is 12.7 Å². The summed E-state index contributed by atoms with van der Waals surface area (Å²) in [7, 11) is 1.23. The topological polar surface area (TPSA) is 60.7 Å². The van der Waals surface area contributed by atoms with Gasteiger partial charge in [-0.3, -0.25) is 0 Å². The first-order valence-electron chi connectivity index (χ1n) is 5.44. The number of carbonyl (C=O) groups excluding carboxylic acids is 1. The second-order valence-electron chi connectivity index (χ2n) is 3.61. The molecule has 8 heteroatoms. The molecule has 0 amide bonds. The van der Waals surface area contributed by atoms with E-state index in [1.54, 1.807) is 6.07 Å². The molecule has 5 nitrogen and oxygen atoms in total. The van der Waals surface area contributed by atoms with Crippen LogP contribution in [0.25, 0.3) is 0 Å². The Labute approximate surface area is 107 Å². The monoisotopic (exact) mass is 281 g/mol. The first-order valence-corrected chi connectivity index (χ1v) is 5.44. The van der Waals surface area contributed by atoms with Gasteiger partial charge in [0.15, 0.2) is 0 Å². The Balaban J connectivity index is 2.23. The highest BCUT2D eigenvalue weighted by molar-refractivity contribution is 5.87. The van der Waals surface area contributed by atoms with E-state index in [9.17, 15) is 18.0 Å². The van der Waals surface area contributed by atoms with Crippen LogP contribution >= 0.6 is 0 Å². The molecular formula is C11H14F3NO4. The number of alkyl halides is 3. The van der Waals surface area contributed by atoms with Gasteiger partial charge in [0.2, 0.25) is 5.76 Å². The van der Waals surface area contributed by atoms with Gasteiger partial charge in [-0.05, 0) is 6.07 Å². The third-order valence-electron chi connectivity index (χ3n) is 2.12. The van der Waals surface area contributed by atoms with Crippen molar-refractivity contribution < 1.29 is 31.9 Å². The van der Waals surface area contributed by atoms with Gasteiger partial charge in [-0.2, -0.15) is 13.2 Å². The minimum absolute atomic E-state index is 0.0752. The van der Waals surface area contributed by atoms with Crippen LogP contribution in [0.1, 0.15) is 16.1 Å². The van der Waals surface area contributed by atoms with E-state index in [0.717, 1.165) is 0 Å². The minimum atomic E-state index is -4.32. The molecule has 1 aromatic heterocycles. The normalized spacial score (nSPS) is 11.6. The first-order chi connectivity index (χ1) is 8.94. The van der Waals surface area contributed by atoms with Gasteiger partial charge in [0.1, 0.15) is 6.61 Å². The number of halogens is 3. The van der Waals surface area contributed by atoms with E-state index < -0.39 is 18.8 Å². The Hall–Kier alpha value is -1.54. The molecule has 0 unspecified atom stereocenters. The largest absolute Gasteiger partial charge is 0.463 e. The quantitative estimate of drug-likeness (QED) is 0.609. The number of methoxy groups -OCH3 is 1. The molecule has 0 bridgehead atoms. The smallest absolute Gasteiger partial charge is 0.411 e. The van der Waals surface area contributed by atoms with Gasteiger partial charge in [0.25, 0.3) is 0 Å². The molecule has 0 fully saturated rings. The molecule has 0 aliphatic carbocycles. The van der Waals surface area contributed by atoms with Crippen molar-refractivity contribution in [1.82, 2.24) is 5.32 Å². The van der Waals surface area contributed by atoms with Crippen LogP contribution < -0.4 is 5.32 Å². The molecule has 0 radical (unpaired) electrons. The Kier molecular flexibility index (Phi) is 5.84. The number of hydrogen-bond donors (Lipinski definition) is 1. The van der Waals surface area contributed by atoms with Crippen LogP contribution in [0.2, 0.25) is 0 Å². The van der Waals surface area contributed by atoms with Gasteiger partial charge in [0.05, 0.1) is 20.0 Å². The molecule has 1 N–H and O–H groups in total. The Morgan fingerprint density at radius 1 is 1.47 bits per heavy atom. The molecule has 0 saturated carbocycles. The van der Waals surface area contributed by atoms with E-state index in [4.69, 9.17) is 4.42 Å². The molecule has 19 heavy (non-hydrogen) atoms. The van der Waals surface area contributed by atoms with Crippen molar-refractivity contribution in [3.05, 3.63) is 23.7 Å². The fourth-order valence-electron chi connectivity index (χ4n) is 1.30. The maximum Gasteiger partial charge on any atom is 0.411 e. The van der Waals surface area contributed by atoms with E-state index in [1.165, 1.54) is 13.4 Å². The van der Waals surface area contributed by atoms with Crippen molar-refractivity contribution in [2.75, 3.05) is 26.9 Å². The van der Waals surface area contributed by atoms with Crippen LogP contribution in [0.15, 0.2) is 16.7 Å². The second kappa shape index (κ2) is 7.15. The summed E-state index contributed by atoms with van der Waals surface area (Å²) < 4.78 is 49.1. The van der Waals surface area contributed by atoms with E-state index in [0.29, 0.717) is 5.56 Å². The van der Waals surface area contributed by atoms with Crippen LogP contribution in [0, 0.1) is 0 Å². The summed E-state index contributed by atoms with van der Waals surface area (Å²) in [6.45, 7) is -0.850. The van der Waals surface area contributed by atoms with E-state index in [-0.39, 0.29) is 25.5 Å². The van der Waals surface area contributed by atoms with Crippen molar-refractivity contribution in [1.29, 1.82) is 0 Å². The fraction of sp³-hybridized carbons (Fsp3) is 0.545. The highest BCUT2D eigenvalue weighted by Gasteiger charge is 2.27. The predicted octanol–water partition coefficient (Wildman–Crippen LogP) is 1.73. The Morgan fingerprint density at radius 2 is 2.21 bits per heavy atom. The first kappa shape index (κ1) is 15.5. The van der Waals surface area contributed by atoms with Gasteiger partial charge in [-0.1, -0.05) is 0 Å². The molecular weight excluding hydrogens is 267 g/mol. The fourth-order valence-corrected chi connectivity index (χ4v) is 1.30. The second-order valence-corrected chi connectivity index (χ2v) is 3.61. The third kappa shape index (κ3) is 5.75. The molecule has 0 aliphatic rings. The van der Waals surface area contributed by atoms with Gasteiger partial charge in [-0.25, -0.2) is 4.79 Å². The summed E-state index contributed by atoms with van der Waals surface area (Å²) in [6, 6.07) is 1.58. The van der Waals surface area contributed by atoms with Gasteiger partial charge >= 0.3 is 12.1 Å². The van der Waals surface area contributed by atoms with Crippen molar-refractivity contribution in [3.63, 3.8) is 0 Å². The molecule has 0 saturated heterocycles. The molecule has 1 rings (SSSR count). The van der Waals surface area contributed by atoms with E-state index >= 15 is 0 Å². The minimum Gasteiger partial charge on any atom is -0.463 e. The van der Waals surface area contributed by atoms with Crippen molar-refractivity contribution in [2.24, 2.45) is 0 Å². The molecule has 0 spiro atoms. The van der Waals surface area contributed by atoms with Gasteiger partial charge < -0.3 is 19.2 Å². The number of hydrogen-bond acceptors (Lipinski definition) is 5. The third-order valence-corrected chi connectivity index (χ3v) is 2.12. The number of furan rings is 1. The number of esters is 1. The average Bonchev–Trinajstić information content (AvgIpc) is 2.79. The van der Waals surface area contributed by atoms with Gasteiger partial charge in [0, 0.05) is 18.7 Å². The summed E-state index contributed by atoms with van der Waals surface area (Å²) in [5, 5.41) is 2.83. The van der Waals surface area contributed by atoms with E-state index in [1.807, 2.05) is 0 Å². The van der Waals surface area contributed by atoms with Crippen LogP contribution in [0.3, 0.4) is 0 Å². The zero-order valence-electron chi connectivity index (χ0n) is 10.3. The van der Waals surface area contributed by atoms with Crippen LogP contribution in [-0.2, 0) is 16.0 Å². The molecule has 0 aromatic carbocycles. The lowest BCUT2D eigenvalue weighted by Crippen LogP contribution is -2.24. The highest BCUT2D eigenvalue weighted by Crippen LogP contribution is 2.14. The lowest BCUT2D eigenvalue weighted by Gasteiger charge is -2.08. The number of nitrogens with one attached hydrogen (secondary N) is 1. The molecule has 0 aliphatic heterocycles. The zero-order valence-corrected chi connectivity index (χ0v) is 10.3. The predicted molar refractivity (Wildman–Crippen MR) is 58.6 cm³/mol. The molecule has 0 atom stereocenters. The Bertz CT molecular complexity index is 403. The lowest BCUT2D eigenvalue weighted by atomic mass is 10.2. The lowest BCUT2D eigenvalue weighted by molar-refractivity contribution is -0.173. The summed E-state index contributed by atoms with van der Waals surface area (Å²) in [5.41, 5.74) is 0.572. The number of ether oxygens (including phenoxy) is 2. The summed E-state index contributed by atoms with van der Waals surface area (Å²) in [4.78, 5) is 11.2. The summed E-state index contributed by atoms with van der Waals surface area (Å²) in [6.07, 6.45) is -2.98. The average molecular weight is 281 g/mol. The van der Waals surface area contributed by atoms with Crippen molar-refractivity contribution >= 4 is 5.97 Å². The van der Waals surface area contributed by atoms with Crippen molar-refractivity contribution in [3.8, 4) is 0 Å². The Morgan fingerprint density at radius 3 is 2.84 bits per heavy atom. The van der Waals surface area contributed by atoms with E-state index in [2.05, 4.69) is 14.8 Å². The van der Waals surface area contributed by atoms with Crippen LogP contribution in [0.4, 0.5) is 13.2 Å². The van der Waals surface area contributed by atoms with Crippen LogP contribution in [0.5, 0.6) is 0 Å². The zero-order chi connectivity index (χ0) is 14.3. The maximum absolute atomic E-state index is 11.8. The summed E-state index contributed by atoms with van der Waals surface area (Å²) >= 11 is 0. The number of rotatable bonds is 7. The number of carbonyl (C=O) groups is 1. The molecule has 108 valence electrons.